The van der Waals surface area contributed by atoms with Gasteiger partial charge in [-0.2, -0.15) is 18.3 Å². The van der Waals surface area contributed by atoms with Crippen molar-refractivity contribution in [1.82, 2.24) is 9.78 Å². The molecule has 1 saturated carbocycles. The quantitative estimate of drug-likeness (QED) is 0.384. The van der Waals surface area contributed by atoms with Crippen LogP contribution >= 0.6 is 0 Å². The van der Waals surface area contributed by atoms with Crippen LogP contribution in [-0.4, -0.2) is 20.8 Å². The van der Waals surface area contributed by atoms with Crippen LogP contribution in [0.1, 0.15) is 49.5 Å². The zero-order valence-corrected chi connectivity index (χ0v) is 10.4. The van der Waals surface area contributed by atoms with Gasteiger partial charge in [-0.05, 0) is 25.8 Å². The van der Waals surface area contributed by atoms with Gasteiger partial charge in [0.15, 0.2) is 5.69 Å². The number of alkyl halides is 3. The van der Waals surface area contributed by atoms with Gasteiger partial charge in [0.2, 0.25) is 0 Å². The average Bonchev–Trinajstić information content (AvgIpc) is 3.05. The zero-order valence-electron chi connectivity index (χ0n) is 10.4. The molecule has 2 rings (SSSR count). The number of nitrogens with two attached hydrogens (primary N) is 1. The van der Waals surface area contributed by atoms with E-state index in [2.05, 4.69) is 10.3 Å². The van der Waals surface area contributed by atoms with Gasteiger partial charge in [-0.15, -0.1) is 0 Å². The summed E-state index contributed by atoms with van der Waals surface area (Å²) in [5.74, 6) is 0.108. The second-order valence-electron chi connectivity index (χ2n) is 4.82. The normalized spacial score (nSPS) is 18.6. The van der Waals surface area contributed by atoms with Crippen molar-refractivity contribution in [3.63, 3.8) is 0 Å². The maximum Gasteiger partial charge on any atom is 0.435 e. The third kappa shape index (κ3) is 2.99. The molecule has 0 bridgehead atoms. The van der Waals surface area contributed by atoms with Gasteiger partial charge in [-0.3, -0.25) is 4.68 Å². The third-order valence-electron chi connectivity index (χ3n) is 3.10. The lowest BCUT2D eigenvalue weighted by atomic mass is 10.2. The number of hydrogen-bond acceptors (Lipinski definition) is 3. The first-order valence-electron chi connectivity index (χ1n) is 5.96. The summed E-state index contributed by atoms with van der Waals surface area (Å²) in [7, 11) is 0. The van der Waals surface area contributed by atoms with E-state index in [1.807, 2.05) is 0 Å². The minimum atomic E-state index is -4.45. The summed E-state index contributed by atoms with van der Waals surface area (Å²) in [6, 6.07) is 0.711. The molecule has 1 aliphatic rings. The van der Waals surface area contributed by atoms with Gasteiger partial charge in [0, 0.05) is 18.0 Å². The summed E-state index contributed by atoms with van der Waals surface area (Å²) in [5.41, 5.74) is 5.07. The molecule has 1 heterocycles. The van der Waals surface area contributed by atoms with Crippen molar-refractivity contribution in [3.8, 4) is 0 Å². The molecule has 106 valence electrons. The summed E-state index contributed by atoms with van der Waals surface area (Å²) >= 11 is 0. The van der Waals surface area contributed by atoms with Crippen LogP contribution in [0.2, 0.25) is 0 Å². The highest BCUT2D eigenvalue weighted by atomic mass is 19.4. The van der Waals surface area contributed by atoms with Gasteiger partial charge in [-0.1, -0.05) is 5.16 Å². The molecule has 1 fully saturated rings. The van der Waals surface area contributed by atoms with Crippen LogP contribution in [0.15, 0.2) is 11.2 Å². The Bertz CT molecular complexity index is 491. The summed E-state index contributed by atoms with van der Waals surface area (Å²) in [6.45, 7) is 1.69. The van der Waals surface area contributed by atoms with Gasteiger partial charge < -0.3 is 10.9 Å². The largest absolute Gasteiger partial charge is 0.435 e. The predicted octanol–water partition coefficient (Wildman–Crippen LogP) is 2.48. The van der Waals surface area contributed by atoms with Crippen LogP contribution in [0.5, 0.6) is 0 Å². The molecule has 3 N–H and O–H groups in total. The Kier molecular flexibility index (Phi) is 3.42. The molecule has 1 aromatic rings. The standard InChI is InChI=1S/C11H15F3N4O/c1-6(4-10(15)17-19)18-8(7-2-3-7)5-9(16-18)11(12,13)14/h5-7,19H,2-4H2,1H3,(H2,15,17). The molecule has 8 heteroatoms. The molecule has 0 amide bonds. The van der Waals surface area contributed by atoms with E-state index >= 15 is 0 Å². The number of hydrogen-bond donors (Lipinski definition) is 2. The first kappa shape index (κ1) is 13.7. The summed E-state index contributed by atoms with van der Waals surface area (Å²) in [5, 5.41) is 15.0. The lowest BCUT2D eigenvalue weighted by Gasteiger charge is -2.14. The molecule has 0 aromatic carbocycles. The number of halogens is 3. The Hall–Kier alpha value is -1.73. The highest BCUT2D eigenvalue weighted by molar-refractivity contribution is 5.79. The molecule has 19 heavy (non-hydrogen) atoms. The second-order valence-corrected chi connectivity index (χ2v) is 4.82. The van der Waals surface area contributed by atoms with E-state index in [9.17, 15) is 13.2 Å². The SMILES string of the molecule is CC(C/C(N)=N/O)n1nc(C(F)(F)F)cc1C1CC1. The molecular weight excluding hydrogens is 261 g/mol. The fourth-order valence-corrected chi connectivity index (χ4v) is 2.01. The van der Waals surface area contributed by atoms with E-state index in [4.69, 9.17) is 10.9 Å². The van der Waals surface area contributed by atoms with Crippen LogP contribution in [0.25, 0.3) is 0 Å². The zero-order chi connectivity index (χ0) is 14.2. The molecule has 0 aliphatic heterocycles. The van der Waals surface area contributed by atoms with Gasteiger partial charge in [0.1, 0.15) is 5.84 Å². The minimum Gasteiger partial charge on any atom is -0.409 e. The van der Waals surface area contributed by atoms with Crippen molar-refractivity contribution in [2.75, 3.05) is 0 Å². The molecule has 1 unspecified atom stereocenters. The molecule has 1 aromatic heterocycles. The molecule has 0 radical (unpaired) electrons. The number of oxime groups is 1. The van der Waals surface area contributed by atoms with Gasteiger partial charge in [0.25, 0.3) is 0 Å². The van der Waals surface area contributed by atoms with Gasteiger partial charge >= 0.3 is 6.18 Å². The highest BCUT2D eigenvalue weighted by Crippen LogP contribution is 2.43. The molecule has 0 spiro atoms. The Balaban J connectivity index is 2.30. The molecular formula is C11H15F3N4O. The van der Waals surface area contributed by atoms with Crippen LogP contribution in [0, 0.1) is 0 Å². The summed E-state index contributed by atoms with van der Waals surface area (Å²) in [4.78, 5) is 0. The average molecular weight is 276 g/mol. The smallest absolute Gasteiger partial charge is 0.409 e. The molecule has 0 saturated heterocycles. The topological polar surface area (TPSA) is 76.4 Å². The Morgan fingerprint density at radius 2 is 2.26 bits per heavy atom. The number of amidine groups is 1. The first-order valence-corrected chi connectivity index (χ1v) is 5.96. The van der Waals surface area contributed by atoms with E-state index in [1.54, 1.807) is 6.92 Å². The fourth-order valence-electron chi connectivity index (χ4n) is 2.01. The highest BCUT2D eigenvalue weighted by Gasteiger charge is 2.38. The maximum absolute atomic E-state index is 12.7. The van der Waals surface area contributed by atoms with Crippen molar-refractivity contribution < 1.29 is 18.4 Å². The minimum absolute atomic E-state index is 0.0293. The summed E-state index contributed by atoms with van der Waals surface area (Å²) < 4.78 is 39.4. The van der Waals surface area contributed by atoms with Crippen molar-refractivity contribution >= 4 is 5.84 Å². The van der Waals surface area contributed by atoms with E-state index in [0.29, 0.717) is 5.69 Å². The van der Waals surface area contributed by atoms with E-state index in [-0.39, 0.29) is 24.2 Å². The monoisotopic (exact) mass is 276 g/mol. The third-order valence-corrected chi connectivity index (χ3v) is 3.10. The first-order chi connectivity index (χ1) is 8.82. The van der Waals surface area contributed by atoms with Crippen molar-refractivity contribution in [3.05, 3.63) is 17.5 Å². The van der Waals surface area contributed by atoms with Crippen molar-refractivity contribution in [1.29, 1.82) is 0 Å². The van der Waals surface area contributed by atoms with Crippen molar-refractivity contribution in [2.45, 2.75) is 44.3 Å². The molecule has 5 nitrogen and oxygen atoms in total. The fraction of sp³-hybridized carbons (Fsp3) is 0.636. The maximum atomic E-state index is 12.7. The van der Waals surface area contributed by atoms with E-state index < -0.39 is 11.9 Å². The Morgan fingerprint density at radius 1 is 1.63 bits per heavy atom. The Morgan fingerprint density at radius 3 is 2.74 bits per heavy atom. The molecule has 1 atom stereocenters. The number of aromatic nitrogens is 2. The van der Waals surface area contributed by atoms with E-state index in [0.717, 1.165) is 18.9 Å². The van der Waals surface area contributed by atoms with Crippen LogP contribution in [0.4, 0.5) is 13.2 Å². The van der Waals surface area contributed by atoms with Crippen LogP contribution in [-0.2, 0) is 6.18 Å². The van der Waals surface area contributed by atoms with Gasteiger partial charge in [-0.25, -0.2) is 0 Å². The van der Waals surface area contributed by atoms with Crippen molar-refractivity contribution in [2.24, 2.45) is 10.9 Å². The van der Waals surface area contributed by atoms with Crippen LogP contribution in [0.3, 0.4) is 0 Å². The lowest BCUT2D eigenvalue weighted by Crippen LogP contribution is -2.20. The number of rotatable bonds is 4. The Labute approximate surface area is 107 Å². The number of nitrogens with zero attached hydrogens (tertiary/aromatic N) is 3. The molecule has 1 aliphatic carbocycles. The lowest BCUT2D eigenvalue weighted by molar-refractivity contribution is -0.141. The van der Waals surface area contributed by atoms with E-state index in [1.165, 1.54) is 4.68 Å². The van der Waals surface area contributed by atoms with Crippen LogP contribution < -0.4 is 5.73 Å². The predicted molar refractivity (Wildman–Crippen MR) is 61.9 cm³/mol. The van der Waals surface area contributed by atoms with Gasteiger partial charge in [0.05, 0.1) is 6.04 Å². The second kappa shape index (κ2) is 4.75. The summed E-state index contributed by atoms with van der Waals surface area (Å²) in [6.07, 6.45) is -2.56.